The molecule has 8 nitrogen and oxygen atoms in total. The summed E-state index contributed by atoms with van der Waals surface area (Å²) >= 11 is 9.53. The maximum Gasteiger partial charge on any atom is 0.170 e. The van der Waals surface area contributed by atoms with Gasteiger partial charge < -0.3 is 38.6 Å². The van der Waals surface area contributed by atoms with Gasteiger partial charge in [-0.15, -0.1) is 23.2 Å². The van der Waals surface area contributed by atoms with Gasteiger partial charge in [-0.2, -0.15) is 0 Å². The Bertz CT molecular complexity index is 3450. The number of benzene rings is 10. The van der Waals surface area contributed by atoms with Crippen LogP contribution in [0.15, 0.2) is 170 Å². The van der Waals surface area contributed by atoms with E-state index in [1.165, 1.54) is 0 Å². The summed E-state index contributed by atoms with van der Waals surface area (Å²) in [4.78, 5) is 0. The number of ether oxygens (including phenoxy) is 6. The third-order valence-electron chi connectivity index (χ3n) is 14.4. The first-order valence-corrected chi connectivity index (χ1v) is 29.6. The van der Waals surface area contributed by atoms with Gasteiger partial charge in [0.05, 0.1) is 31.8 Å². The van der Waals surface area contributed by atoms with Crippen molar-refractivity contribution in [2.24, 2.45) is 0 Å². The molecular weight excluding hydrogens is 1050 g/mol. The molecule has 0 saturated carbocycles. The molecule has 0 amide bonds. The van der Waals surface area contributed by atoms with Gasteiger partial charge in [0.15, 0.2) is 46.0 Å². The summed E-state index contributed by atoms with van der Waals surface area (Å²) in [5, 5.41) is 34.0. The van der Waals surface area contributed by atoms with Gasteiger partial charge in [0.2, 0.25) is 0 Å². The van der Waals surface area contributed by atoms with E-state index in [2.05, 4.69) is 100 Å². The molecule has 418 valence electrons. The quantitative estimate of drug-likeness (QED) is 0.0432. The van der Waals surface area contributed by atoms with E-state index in [1.807, 2.05) is 97.1 Å². The second kappa shape index (κ2) is 28.6. The maximum absolute atomic E-state index is 13.6. The van der Waals surface area contributed by atoms with Crippen molar-refractivity contribution in [3.63, 3.8) is 0 Å². The summed E-state index contributed by atoms with van der Waals surface area (Å²) in [6.45, 7) is 10.8. The summed E-state index contributed by atoms with van der Waals surface area (Å²) in [6, 6.07) is 57.0. The van der Waals surface area contributed by atoms with Crippen LogP contribution in [0.2, 0.25) is 0 Å². The second-order valence-electron chi connectivity index (χ2n) is 20.0. The second-order valence-corrected chi connectivity index (χ2v) is 20.8. The normalized spacial score (nSPS) is 11.2. The molecular formula is C71H72Cl2O8. The molecule has 0 saturated heterocycles. The number of hydrogen-bond acceptors (Lipinski definition) is 8. The van der Waals surface area contributed by atoms with E-state index in [9.17, 15) is 10.2 Å². The zero-order valence-electron chi connectivity index (χ0n) is 46.9. The maximum atomic E-state index is 13.6. The molecule has 0 aliphatic carbocycles. The molecule has 0 unspecified atom stereocenters. The van der Waals surface area contributed by atoms with Gasteiger partial charge in [0.1, 0.15) is 13.2 Å². The number of hydrogen-bond donors (Lipinski definition) is 2. The minimum atomic E-state index is -0.114. The number of halogens is 2. The Morgan fingerprint density at radius 1 is 0.321 bits per heavy atom. The van der Waals surface area contributed by atoms with E-state index in [0.717, 1.165) is 106 Å². The first-order valence-electron chi connectivity index (χ1n) is 28.5. The van der Waals surface area contributed by atoms with E-state index in [1.54, 1.807) is 0 Å². The van der Waals surface area contributed by atoms with Crippen molar-refractivity contribution in [3.05, 3.63) is 181 Å². The number of aromatic hydroxyl groups is 2. The molecule has 81 heavy (non-hydrogen) atoms. The average Bonchev–Trinajstić information content (AvgIpc) is 3.58. The van der Waals surface area contributed by atoms with Crippen LogP contribution < -0.4 is 28.4 Å². The summed E-state index contributed by atoms with van der Waals surface area (Å²) in [7, 11) is 0. The molecule has 0 atom stereocenters. The lowest BCUT2D eigenvalue weighted by Crippen LogP contribution is -2.06. The average molecular weight is 1120 g/mol. The molecule has 0 aromatic heterocycles. The molecule has 0 aliphatic rings. The molecule has 10 heteroatoms. The lowest BCUT2D eigenvalue weighted by Gasteiger charge is -2.26. The monoisotopic (exact) mass is 1120 g/mol. The number of rotatable bonds is 25. The molecule has 10 aromatic rings. The van der Waals surface area contributed by atoms with Crippen molar-refractivity contribution < 1.29 is 38.6 Å². The van der Waals surface area contributed by atoms with Gasteiger partial charge in [0.25, 0.3) is 0 Å². The fraction of sp³-hybridized carbons (Fsp3) is 0.268. The van der Waals surface area contributed by atoms with E-state index in [0.29, 0.717) is 95.7 Å². The van der Waals surface area contributed by atoms with Crippen molar-refractivity contribution in [1.29, 1.82) is 0 Å². The van der Waals surface area contributed by atoms with Crippen LogP contribution in [0.4, 0.5) is 0 Å². The SMILES string of the molecule is CCCCOc1c(OCc2ccccc2)cc2ccccc2c1-c1c(OCCCC)c(O)c(-c2c(O)c(OCCCC)c(-c3c(OCCCC)c(OCc4ccccc4)cc4ccccc34)c3ccccc23)c2ccccc12.ClCCl. The summed E-state index contributed by atoms with van der Waals surface area (Å²) in [5.74, 6) is 2.65. The van der Waals surface area contributed by atoms with Crippen molar-refractivity contribution in [1.82, 2.24) is 0 Å². The molecule has 10 aromatic carbocycles. The zero-order valence-corrected chi connectivity index (χ0v) is 48.4. The lowest BCUT2D eigenvalue weighted by molar-refractivity contribution is 0.260. The Morgan fingerprint density at radius 2 is 0.593 bits per heavy atom. The van der Waals surface area contributed by atoms with E-state index in [-0.39, 0.29) is 28.3 Å². The summed E-state index contributed by atoms with van der Waals surface area (Å²) < 4.78 is 41.3. The number of alkyl halides is 2. The van der Waals surface area contributed by atoms with Gasteiger partial charge >= 0.3 is 0 Å². The van der Waals surface area contributed by atoms with E-state index < -0.39 is 0 Å². The largest absolute Gasteiger partial charge is 0.504 e. The van der Waals surface area contributed by atoms with E-state index >= 15 is 0 Å². The predicted molar refractivity (Wildman–Crippen MR) is 336 cm³/mol. The van der Waals surface area contributed by atoms with Crippen LogP contribution >= 0.6 is 23.2 Å². The van der Waals surface area contributed by atoms with Crippen LogP contribution in [0.25, 0.3) is 76.5 Å². The summed E-state index contributed by atoms with van der Waals surface area (Å²) in [6.07, 6.45) is 6.75. The Hall–Kier alpha value is -7.78. The molecule has 0 aliphatic heterocycles. The van der Waals surface area contributed by atoms with Gasteiger partial charge in [-0.05, 0) is 92.0 Å². The Balaban J connectivity index is 0.00000258. The lowest BCUT2D eigenvalue weighted by atomic mass is 9.83. The number of fused-ring (bicyclic) bond motifs is 4. The molecule has 0 bridgehead atoms. The van der Waals surface area contributed by atoms with Crippen molar-refractivity contribution >= 4 is 66.3 Å². The highest BCUT2D eigenvalue weighted by molar-refractivity contribution is 6.40. The first-order chi connectivity index (χ1) is 39.9. The van der Waals surface area contributed by atoms with Crippen molar-refractivity contribution in [3.8, 4) is 79.4 Å². The molecule has 0 fully saturated rings. The third kappa shape index (κ3) is 12.9. The molecule has 2 N–H and O–H groups in total. The van der Waals surface area contributed by atoms with Crippen molar-refractivity contribution in [2.75, 3.05) is 31.8 Å². The Labute approximate surface area is 486 Å². The Morgan fingerprint density at radius 3 is 0.926 bits per heavy atom. The van der Waals surface area contributed by atoms with E-state index in [4.69, 9.17) is 51.6 Å². The first kappa shape index (κ1) is 57.9. The van der Waals surface area contributed by atoms with Gasteiger partial charge in [-0.3, -0.25) is 0 Å². The molecule has 0 heterocycles. The van der Waals surface area contributed by atoms with Crippen LogP contribution in [-0.2, 0) is 13.2 Å². The highest BCUT2D eigenvalue weighted by Crippen LogP contribution is 2.61. The number of phenols is 2. The van der Waals surface area contributed by atoms with Gasteiger partial charge in [0, 0.05) is 33.4 Å². The standard InChI is InChI=1S/C70H70O8.CH2Cl2/c1-5-9-39-73-67-57(77-45-47-27-15-13-16-28-47)43-49-31-19-21-33-51(49)61(67)63-55-37-25-23-35-53(55)59(65(71)69(63)75-41-11-7-3)60-54-36-24-26-38-56(54)64(70(66(60)72)76-42-12-8-4)62-52-34-22-20-32-50(52)44-58(68(62)74-40-10-6-2)78-46-48-29-17-14-18-30-48;2-1-3/h13-38,43-44,71-72H,5-12,39-42,45-46H2,1-4H3;1H2. The third-order valence-corrected chi connectivity index (χ3v) is 14.4. The molecule has 0 spiro atoms. The minimum Gasteiger partial charge on any atom is -0.504 e. The van der Waals surface area contributed by atoms with Gasteiger partial charge in [-0.25, -0.2) is 0 Å². The fourth-order valence-corrected chi connectivity index (χ4v) is 10.4. The van der Waals surface area contributed by atoms with Crippen LogP contribution in [0, 0.1) is 0 Å². The number of unbranched alkanes of at least 4 members (excludes halogenated alkanes) is 4. The van der Waals surface area contributed by atoms with Crippen LogP contribution in [-0.4, -0.2) is 42.0 Å². The summed E-state index contributed by atoms with van der Waals surface area (Å²) in [5.41, 5.74) is 5.72. The highest BCUT2D eigenvalue weighted by atomic mass is 35.5. The smallest absolute Gasteiger partial charge is 0.170 e. The fourth-order valence-electron chi connectivity index (χ4n) is 10.4. The predicted octanol–water partition coefficient (Wildman–Crippen LogP) is 20.0. The van der Waals surface area contributed by atoms with Crippen molar-refractivity contribution in [2.45, 2.75) is 92.3 Å². The molecule has 10 rings (SSSR count). The zero-order chi connectivity index (χ0) is 56.5. The highest BCUT2D eigenvalue weighted by Gasteiger charge is 2.33. The van der Waals surface area contributed by atoms with Gasteiger partial charge in [-0.1, -0.05) is 211 Å². The minimum absolute atomic E-state index is 0.114. The topological polar surface area (TPSA) is 95.8 Å². The van der Waals surface area contributed by atoms with Crippen LogP contribution in [0.5, 0.6) is 46.0 Å². The molecule has 0 radical (unpaired) electrons. The van der Waals surface area contributed by atoms with Crippen LogP contribution in [0.3, 0.4) is 0 Å². The van der Waals surface area contributed by atoms with Crippen LogP contribution in [0.1, 0.15) is 90.2 Å². The Kier molecular flexibility index (Phi) is 20.4. The number of phenolic OH excluding ortho intramolecular Hbond substituents is 2.